The molecule has 96 valence electrons. The molecular formula is C15H25NS. The summed E-state index contributed by atoms with van der Waals surface area (Å²) >= 11 is 1.96. The van der Waals surface area contributed by atoms with Crippen molar-refractivity contribution in [2.24, 2.45) is 0 Å². The first-order valence-corrected chi connectivity index (χ1v) is 7.54. The van der Waals surface area contributed by atoms with Crippen molar-refractivity contribution in [3.8, 4) is 0 Å². The maximum atomic E-state index is 3.53. The third kappa shape index (κ3) is 6.75. The molecule has 0 radical (unpaired) electrons. The number of hydrogen-bond acceptors (Lipinski definition) is 2. The maximum absolute atomic E-state index is 3.53. The highest BCUT2D eigenvalue weighted by molar-refractivity contribution is 8.00. The van der Waals surface area contributed by atoms with E-state index in [9.17, 15) is 0 Å². The van der Waals surface area contributed by atoms with E-state index in [0.717, 1.165) is 13.1 Å². The minimum absolute atomic E-state index is 0.637. The lowest BCUT2D eigenvalue weighted by molar-refractivity contribution is 0.616. The number of aryl methyl sites for hydroxylation is 1. The van der Waals surface area contributed by atoms with E-state index in [1.54, 1.807) is 0 Å². The van der Waals surface area contributed by atoms with Crippen molar-refractivity contribution < 1.29 is 0 Å². The van der Waals surface area contributed by atoms with Crippen molar-refractivity contribution in [2.75, 3.05) is 13.1 Å². The van der Waals surface area contributed by atoms with E-state index in [0.29, 0.717) is 5.25 Å². The average molecular weight is 251 g/mol. The molecule has 0 saturated heterocycles. The summed E-state index contributed by atoms with van der Waals surface area (Å²) in [5, 5.41) is 4.17. The van der Waals surface area contributed by atoms with E-state index in [2.05, 4.69) is 50.4 Å². The highest BCUT2D eigenvalue weighted by atomic mass is 32.2. The molecule has 0 amide bonds. The highest BCUT2D eigenvalue weighted by Crippen LogP contribution is 2.23. The third-order valence-electron chi connectivity index (χ3n) is 2.72. The van der Waals surface area contributed by atoms with E-state index in [-0.39, 0.29) is 0 Å². The van der Waals surface area contributed by atoms with Gasteiger partial charge < -0.3 is 5.32 Å². The first-order chi connectivity index (χ1) is 8.22. The summed E-state index contributed by atoms with van der Waals surface area (Å²) in [7, 11) is 0. The summed E-state index contributed by atoms with van der Waals surface area (Å²) in [5.74, 6) is 0. The van der Waals surface area contributed by atoms with Crippen LogP contribution in [0.3, 0.4) is 0 Å². The van der Waals surface area contributed by atoms with Crippen LogP contribution in [0.5, 0.6) is 0 Å². The Kier molecular flexibility index (Phi) is 7.38. The molecule has 0 aromatic heterocycles. The standard InChI is InChI=1S/C15H25NS/c1-4-5-6-10-16-12-14(3)17-15-9-7-8-13(2)11-15/h7-9,11,14,16H,4-6,10,12H2,1-3H3. The fourth-order valence-corrected chi connectivity index (χ4v) is 2.84. The van der Waals surface area contributed by atoms with E-state index >= 15 is 0 Å². The number of rotatable bonds is 8. The molecule has 0 bridgehead atoms. The van der Waals surface area contributed by atoms with Gasteiger partial charge >= 0.3 is 0 Å². The molecule has 1 aromatic rings. The van der Waals surface area contributed by atoms with Crippen LogP contribution in [0, 0.1) is 6.92 Å². The molecule has 1 N–H and O–H groups in total. The van der Waals surface area contributed by atoms with Crippen molar-refractivity contribution in [3.05, 3.63) is 29.8 Å². The SMILES string of the molecule is CCCCCNCC(C)Sc1cccc(C)c1. The molecule has 0 spiro atoms. The lowest BCUT2D eigenvalue weighted by Crippen LogP contribution is -2.23. The molecule has 0 fully saturated rings. The normalized spacial score (nSPS) is 12.6. The molecule has 1 nitrogen and oxygen atoms in total. The molecule has 1 rings (SSSR count). The lowest BCUT2D eigenvalue weighted by atomic mass is 10.2. The van der Waals surface area contributed by atoms with Gasteiger partial charge in [-0.3, -0.25) is 0 Å². The van der Waals surface area contributed by atoms with Crippen molar-refractivity contribution in [1.82, 2.24) is 5.32 Å². The second kappa shape index (κ2) is 8.60. The van der Waals surface area contributed by atoms with Gasteiger partial charge in [-0.15, -0.1) is 11.8 Å². The molecule has 1 aromatic carbocycles. The van der Waals surface area contributed by atoms with Crippen LogP contribution in [0.25, 0.3) is 0 Å². The number of thioether (sulfide) groups is 1. The van der Waals surface area contributed by atoms with Gasteiger partial charge in [-0.25, -0.2) is 0 Å². The van der Waals surface area contributed by atoms with Gasteiger partial charge in [0.1, 0.15) is 0 Å². The molecule has 17 heavy (non-hydrogen) atoms. The second-order valence-corrected chi connectivity index (χ2v) is 6.17. The fourth-order valence-electron chi connectivity index (χ4n) is 1.77. The van der Waals surface area contributed by atoms with Gasteiger partial charge in [0.25, 0.3) is 0 Å². The van der Waals surface area contributed by atoms with E-state index in [1.165, 1.54) is 29.7 Å². The van der Waals surface area contributed by atoms with Gasteiger partial charge in [0.05, 0.1) is 0 Å². The Morgan fingerprint density at radius 1 is 1.29 bits per heavy atom. The van der Waals surface area contributed by atoms with Gasteiger partial charge in [-0.1, -0.05) is 44.4 Å². The number of unbranched alkanes of at least 4 members (excludes halogenated alkanes) is 2. The van der Waals surface area contributed by atoms with Gasteiger partial charge in [-0.2, -0.15) is 0 Å². The third-order valence-corrected chi connectivity index (χ3v) is 3.81. The van der Waals surface area contributed by atoms with Gasteiger partial charge in [-0.05, 0) is 32.0 Å². The van der Waals surface area contributed by atoms with E-state index in [1.807, 2.05) is 11.8 Å². The molecule has 2 heteroatoms. The molecule has 1 unspecified atom stereocenters. The molecule has 0 aliphatic heterocycles. The minimum Gasteiger partial charge on any atom is -0.316 e. The van der Waals surface area contributed by atoms with Gasteiger partial charge in [0.15, 0.2) is 0 Å². The molecule has 0 saturated carbocycles. The van der Waals surface area contributed by atoms with Crippen LogP contribution in [0.1, 0.15) is 38.7 Å². The van der Waals surface area contributed by atoms with Crippen LogP contribution in [-0.2, 0) is 0 Å². The predicted octanol–water partition coefficient (Wildman–Crippen LogP) is 4.26. The molecule has 1 atom stereocenters. The molecule has 0 heterocycles. The summed E-state index contributed by atoms with van der Waals surface area (Å²) in [6.45, 7) is 8.95. The Morgan fingerprint density at radius 2 is 2.12 bits per heavy atom. The smallest absolute Gasteiger partial charge is 0.0191 e. The fraction of sp³-hybridized carbons (Fsp3) is 0.600. The minimum atomic E-state index is 0.637. The Morgan fingerprint density at radius 3 is 2.82 bits per heavy atom. The predicted molar refractivity (Wildman–Crippen MR) is 78.9 cm³/mol. The summed E-state index contributed by atoms with van der Waals surface area (Å²) < 4.78 is 0. The largest absolute Gasteiger partial charge is 0.316 e. The Hall–Kier alpha value is -0.470. The van der Waals surface area contributed by atoms with Crippen molar-refractivity contribution in [1.29, 1.82) is 0 Å². The Labute approximate surface area is 110 Å². The van der Waals surface area contributed by atoms with E-state index in [4.69, 9.17) is 0 Å². The van der Waals surface area contributed by atoms with Crippen molar-refractivity contribution in [2.45, 2.75) is 50.2 Å². The molecular weight excluding hydrogens is 226 g/mol. The number of nitrogens with one attached hydrogen (secondary N) is 1. The topological polar surface area (TPSA) is 12.0 Å². The van der Waals surface area contributed by atoms with Crippen LogP contribution in [0.4, 0.5) is 0 Å². The lowest BCUT2D eigenvalue weighted by Gasteiger charge is -2.12. The number of benzene rings is 1. The zero-order chi connectivity index (χ0) is 12.5. The summed E-state index contributed by atoms with van der Waals surface area (Å²) in [5.41, 5.74) is 1.35. The van der Waals surface area contributed by atoms with Crippen LogP contribution in [0.2, 0.25) is 0 Å². The Bertz CT molecular complexity index is 312. The van der Waals surface area contributed by atoms with Gasteiger partial charge in [0.2, 0.25) is 0 Å². The number of hydrogen-bond donors (Lipinski definition) is 1. The van der Waals surface area contributed by atoms with Crippen LogP contribution in [-0.4, -0.2) is 18.3 Å². The monoisotopic (exact) mass is 251 g/mol. The highest BCUT2D eigenvalue weighted by Gasteiger charge is 2.03. The first-order valence-electron chi connectivity index (χ1n) is 6.66. The molecule has 0 aliphatic carbocycles. The summed E-state index contributed by atoms with van der Waals surface area (Å²) in [6.07, 6.45) is 3.94. The molecule has 0 aliphatic rings. The quantitative estimate of drug-likeness (QED) is 0.547. The Balaban J connectivity index is 2.18. The summed E-state index contributed by atoms with van der Waals surface area (Å²) in [6, 6.07) is 8.75. The van der Waals surface area contributed by atoms with E-state index < -0.39 is 0 Å². The zero-order valence-electron chi connectivity index (χ0n) is 11.3. The van der Waals surface area contributed by atoms with Crippen LogP contribution in [0.15, 0.2) is 29.2 Å². The van der Waals surface area contributed by atoms with Gasteiger partial charge in [0, 0.05) is 16.7 Å². The summed E-state index contributed by atoms with van der Waals surface area (Å²) in [4.78, 5) is 1.38. The first kappa shape index (κ1) is 14.6. The van der Waals surface area contributed by atoms with Crippen LogP contribution >= 0.6 is 11.8 Å². The van der Waals surface area contributed by atoms with Crippen LogP contribution < -0.4 is 5.32 Å². The second-order valence-electron chi connectivity index (χ2n) is 4.66. The van der Waals surface area contributed by atoms with Crippen molar-refractivity contribution in [3.63, 3.8) is 0 Å². The zero-order valence-corrected chi connectivity index (χ0v) is 12.1. The van der Waals surface area contributed by atoms with Crippen molar-refractivity contribution >= 4 is 11.8 Å². The average Bonchev–Trinajstić information content (AvgIpc) is 2.29. The maximum Gasteiger partial charge on any atom is 0.0191 e.